The van der Waals surface area contributed by atoms with Crippen LogP contribution in [0.2, 0.25) is 0 Å². The molecule has 7 nitrogen and oxygen atoms in total. The molecule has 2 amide bonds. The smallest absolute Gasteiger partial charge is 0.280 e. The summed E-state index contributed by atoms with van der Waals surface area (Å²) < 4.78 is 0. The first kappa shape index (κ1) is 23.1. The second kappa shape index (κ2) is 10.8. The van der Waals surface area contributed by atoms with Gasteiger partial charge in [0.15, 0.2) is 5.71 Å². The van der Waals surface area contributed by atoms with Crippen LogP contribution in [0.5, 0.6) is 0 Å². The molecule has 5 rings (SSSR count). The molecule has 0 saturated heterocycles. The predicted octanol–water partition coefficient (Wildman–Crippen LogP) is 4.22. The molecule has 2 heterocycles. The van der Waals surface area contributed by atoms with Crippen molar-refractivity contribution in [3.63, 3.8) is 0 Å². The maximum atomic E-state index is 13.6. The number of rotatable bonds is 8. The van der Waals surface area contributed by atoms with Crippen LogP contribution in [0.25, 0.3) is 0 Å². The molecular formula is C29H25N5O2. The highest BCUT2D eigenvalue weighted by molar-refractivity contribution is 6.54. The molecule has 0 fully saturated rings. The number of nitrogens with zero attached hydrogens (tertiary/aromatic N) is 4. The van der Waals surface area contributed by atoms with Crippen LogP contribution < -0.4 is 10.3 Å². The van der Waals surface area contributed by atoms with Crippen LogP contribution in [0.15, 0.2) is 115 Å². The number of hydrogen-bond donors (Lipinski definition) is 1. The molecule has 0 atom stereocenters. The van der Waals surface area contributed by atoms with Gasteiger partial charge in [-0.15, -0.1) is 0 Å². The molecule has 1 aliphatic rings. The zero-order chi connectivity index (χ0) is 24.7. The van der Waals surface area contributed by atoms with Gasteiger partial charge in [0.2, 0.25) is 0 Å². The van der Waals surface area contributed by atoms with Crippen LogP contribution in [-0.2, 0) is 17.9 Å². The van der Waals surface area contributed by atoms with Gasteiger partial charge in [-0.2, -0.15) is 5.10 Å². The third-order valence-corrected chi connectivity index (χ3v) is 5.95. The summed E-state index contributed by atoms with van der Waals surface area (Å²) in [5, 5.41) is 4.23. The fourth-order valence-electron chi connectivity index (χ4n) is 4.22. The second-order valence-corrected chi connectivity index (χ2v) is 8.49. The van der Waals surface area contributed by atoms with E-state index >= 15 is 0 Å². The maximum absolute atomic E-state index is 13.6. The van der Waals surface area contributed by atoms with Crippen LogP contribution in [0, 0.1) is 0 Å². The first-order valence-electron chi connectivity index (χ1n) is 11.7. The van der Waals surface area contributed by atoms with Crippen molar-refractivity contribution in [2.45, 2.75) is 13.1 Å². The molecule has 0 saturated carbocycles. The first-order valence-corrected chi connectivity index (χ1v) is 11.7. The largest absolute Gasteiger partial charge is 0.293 e. The minimum absolute atomic E-state index is 0.215. The monoisotopic (exact) mass is 475 g/mol. The van der Waals surface area contributed by atoms with Gasteiger partial charge in [0, 0.05) is 36.6 Å². The van der Waals surface area contributed by atoms with Crippen LogP contribution in [0.1, 0.15) is 27.0 Å². The van der Waals surface area contributed by atoms with Crippen LogP contribution in [0.3, 0.4) is 0 Å². The Morgan fingerprint density at radius 1 is 0.806 bits per heavy atom. The Morgan fingerprint density at radius 2 is 1.39 bits per heavy atom. The molecule has 3 aromatic carbocycles. The lowest BCUT2D eigenvalue weighted by Crippen LogP contribution is -2.41. The van der Waals surface area contributed by atoms with Crippen molar-refractivity contribution in [3.8, 4) is 0 Å². The zero-order valence-corrected chi connectivity index (χ0v) is 19.6. The molecule has 1 aliphatic heterocycles. The van der Waals surface area contributed by atoms with E-state index in [-0.39, 0.29) is 11.6 Å². The molecule has 7 heteroatoms. The van der Waals surface area contributed by atoms with Crippen molar-refractivity contribution in [2.24, 2.45) is 5.10 Å². The number of nitrogens with one attached hydrogen (secondary N) is 1. The number of hydrogen-bond acceptors (Lipinski definition) is 5. The van der Waals surface area contributed by atoms with Gasteiger partial charge in [-0.25, -0.2) is 5.43 Å². The van der Waals surface area contributed by atoms with Gasteiger partial charge in [0.1, 0.15) is 0 Å². The number of carbonyl (C=O) groups excluding carboxylic acids is 2. The Morgan fingerprint density at radius 3 is 2.03 bits per heavy atom. The molecule has 1 N–H and O–H groups in total. The second-order valence-electron chi connectivity index (χ2n) is 8.49. The number of pyridine rings is 1. The van der Waals surface area contributed by atoms with Gasteiger partial charge in [0.25, 0.3) is 11.8 Å². The molecule has 36 heavy (non-hydrogen) atoms. The number of para-hydroxylation sites is 1. The van der Waals surface area contributed by atoms with Crippen molar-refractivity contribution in [1.82, 2.24) is 15.3 Å². The van der Waals surface area contributed by atoms with Gasteiger partial charge >= 0.3 is 0 Å². The summed E-state index contributed by atoms with van der Waals surface area (Å²) in [6, 6.07) is 31.1. The molecule has 178 valence electrons. The van der Waals surface area contributed by atoms with Crippen molar-refractivity contribution < 1.29 is 9.59 Å². The quantitative estimate of drug-likeness (QED) is 0.387. The highest BCUT2D eigenvalue weighted by atomic mass is 16.2. The van der Waals surface area contributed by atoms with E-state index in [1.54, 1.807) is 17.0 Å². The SMILES string of the molecule is O=C(NN=C1C(=O)N(CN(Cc2ccccc2)Cc2ccccc2)c2ccccc21)c1ccncc1. The lowest BCUT2D eigenvalue weighted by atomic mass is 10.1. The van der Waals surface area contributed by atoms with Crippen LogP contribution in [0.4, 0.5) is 5.69 Å². The standard InChI is InChI=1S/C29H25N5O2/c35-28(24-15-17-30-18-16-24)32-31-27-25-13-7-8-14-26(25)34(29(27)36)21-33(19-22-9-3-1-4-10-22)20-23-11-5-2-6-12-23/h1-18H,19-21H2,(H,32,35). The van der Waals surface area contributed by atoms with Gasteiger partial charge in [0.05, 0.1) is 12.4 Å². The topological polar surface area (TPSA) is 77.9 Å². The van der Waals surface area contributed by atoms with Crippen molar-refractivity contribution in [2.75, 3.05) is 11.6 Å². The molecule has 4 aromatic rings. The minimum Gasteiger partial charge on any atom is -0.293 e. The van der Waals surface area contributed by atoms with Crippen LogP contribution in [-0.4, -0.2) is 34.1 Å². The van der Waals surface area contributed by atoms with E-state index in [0.29, 0.717) is 30.9 Å². The Hall–Kier alpha value is -4.62. The lowest BCUT2D eigenvalue weighted by molar-refractivity contribution is -0.112. The van der Waals surface area contributed by atoms with E-state index in [9.17, 15) is 9.59 Å². The summed E-state index contributed by atoms with van der Waals surface area (Å²) in [5.74, 6) is -0.652. The molecule has 0 spiro atoms. The molecule has 0 aliphatic carbocycles. The fourth-order valence-corrected chi connectivity index (χ4v) is 4.22. The van der Waals surface area contributed by atoms with E-state index in [1.165, 1.54) is 12.4 Å². The van der Waals surface area contributed by atoms with E-state index < -0.39 is 5.91 Å². The molecule has 0 bridgehead atoms. The lowest BCUT2D eigenvalue weighted by Gasteiger charge is -2.28. The Balaban J connectivity index is 1.40. The van der Waals surface area contributed by atoms with E-state index in [2.05, 4.69) is 44.7 Å². The third kappa shape index (κ3) is 5.21. The third-order valence-electron chi connectivity index (χ3n) is 5.95. The maximum Gasteiger partial charge on any atom is 0.280 e. The number of anilines is 1. The number of hydrazone groups is 1. The van der Waals surface area contributed by atoms with Gasteiger partial charge in [-0.05, 0) is 29.3 Å². The zero-order valence-electron chi connectivity index (χ0n) is 19.6. The summed E-state index contributed by atoms with van der Waals surface area (Å²) in [7, 11) is 0. The van der Waals surface area contributed by atoms with Gasteiger partial charge in [-0.1, -0.05) is 78.9 Å². The Labute approximate surface area is 209 Å². The highest BCUT2D eigenvalue weighted by Gasteiger charge is 2.35. The van der Waals surface area contributed by atoms with Crippen LogP contribution >= 0.6 is 0 Å². The normalized spacial score (nSPS) is 13.8. The summed E-state index contributed by atoms with van der Waals surface area (Å²) in [5.41, 5.74) is 6.94. The average Bonchev–Trinajstić information content (AvgIpc) is 3.19. The van der Waals surface area contributed by atoms with E-state index in [0.717, 1.165) is 16.8 Å². The summed E-state index contributed by atoms with van der Waals surface area (Å²) >= 11 is 0. The molecule has 0 unspecified atom stereocenters. The summed E-state index contributed by atoms with van der Waals surface area (Å²) in [6.07, 6.45) is 3.07. The van der Waals surface area contributed by atoms with Crippen molar-refractivity contribution in [3.05, 3.63) is 132 Å². The molecular weight excluding hydrogens is 450 g/mol. The molecule has 0 radical (unpaired) electrons. The number of fused-ring (bicyclic) bond motifs is 1. The van der Waals surface area contributed by atoms with Gasteiger partial charge in [-0.3, -0.25) is 24.4 Å². The van der Waals surface area contributed by atoms with E-state index in [4.69, 9.17) is 0 Å². The number of benzene rings is 3. The van der Waals surface area contributed by atoms with Crippen molar-refractivity contribution >= 4 is 23.2 Å². The first-order chi connectivity index (χ1) is 17.7. The van der Waals surface area contributed by atoms with Gasteiger partial charge < -0.3 is 0 Å². The van der Waals surface area contributed by atoms with Crippen molar-refractivity contribution in [1.29, 1.82) is 0 Å². The summed E-state index contributed by atoms with van der Waals surface area (Å²) in [4.78, 5) is 33.9. The fraction of sp³-hybridized carbons (Fsp3) is 0.103. The minimum atomic E-state index is -0.400. The Kier molecular flexibility index (Phi) is 6.91. The highest BCUT2D eigenvalue weighted by Crippen LogP contribution is 2.29. The number of carbonyl (C=O) groups is 2. The molecule has 1 aromatic heterocycles. The Bertz CT molecular complexity index is 1330. The van der Waals surface area contributed by atoms with E-state index in [1.807, 2.05) is 60.7 Å². The number of amides is 2. The summed E-state index contributed by atoms with van der Waals surface area (Å²) in [6.45, 7) is 1.72. The predicted molar refractivity (Wildman–Crippen MR) is 139 cm³/mol. The average molecular weight is 476 g/mol. The number of aromatic nitrogens is 1.